The Morgan fingerprint density at radius 1 is 1.69 bits per heavy atom. The smallest absolute Gasteiger partial charge is 0.227 e. The first kappa shape index (κ1) is 13.4. The lowest BCUT2D eigenvalue weighted by atomic mass is 10.3. The van der Waals surface area contributed by atoms with Gasteiger partial charge in [0.15, 0.2) is 5.25 Å². The molecule has 0 radical (unpaired) electrons. The van der Waals surface area contributed by atoms with Crippen LogP contribution in [-0.4, -0.2) is 58.0 Å². The molecule has 2 atom stereocenters. The zero-order valence-electron chi connectivity index (χ0n) is 9.51. The highest BCUT2D eigenvalue weighted by Crippen LogP contribution is 2.03. The monoisotopic (exact) mass is 247 g/mol. The van der Waals surface area contributed by atoms with E-state index in [2.05, 4.69) is 9.62 Å². The highest BCUT2D eigenvalue weighted by Gasteiger charge is 2.23. The molecule has 1 N–H and O–H groups in total. The maximum atomic E-state index is 11.5. The van der Waals surface area contributed by atoms with Gasteiger partial charge in [0.2, 0.25) is 10.0 Å². The number of hydrogen-bond donors (Lipinski definition) is 1. The molecule has 0 aromatic rings. The molecular weight excluding hydrogens is 230 g/mol. The predicted octanol–water partition coefficient (Wildman–Crippen LogP) is -0.852. The molecule has 0 saturated carbocycles. The number of morpholine rings is 1. The summed E-state index contributed by atoms with van der Waals surface area (Å²) < 4.78 is 30.8. The minimum Gasteiger partial charge on any atom is -0.374 e. The summed E-state index contributed by atoms with van der Waals surface area (Å²) in [5, 5.41) is 7.51. The van der Waals surface area contributed by atoms with E-state index in [9.17, 15) is 8.42 Å². The summed E-state index contributed by atoms with van der Waals surface area (Å²) in [6.07, 6.45) is -0.139. The van der Waals surface area contributed by atoms with Crippen molar-refractivity contribution in [3.8, 4) is 6.07 Å². The van der Waals surface area contributed by atoms with E-state index >= 15 is 0 Å². The van der Waals surface area contributed by atoms with E-state index in [0.717, 1.165) is 6.54 Å². The van der Waals surface area contributed by atoms with Crippen LogP contribution in [0.3, 0.4) is 0 Å². The van der Waals surface area contributed by atoms with Gasteiger partial charge in [-0.05, 0) is 14.0 Å². The Morgan fingerprint density at radius 3 is 2.94 bits per heavy atom. The lowest BCUT2D eigenvalue weighted by Gasteiger charge is -2.30. The third-order valence-electron chi connectivity index (χ3n) is 2.50. The number of nitrogens with one attached hydrogen (secondary N) is 1. The molecule has 0 aromatic carbocycles. The fourth-order valence-electron chi connectivity index (χ4n) is 1.39. The van der Waals surface area contributed by atoms with Gasteiger partial charge in [-0.25, -0.2) is 13.1 Å². The summed E-state index contributed by atoms with van der Waals surface area (Å²) in [6, 6.07) is 1.70. The second-order valence-electron chi connectivity index (χ2n) is 3.92. The molecule has 1 aliphatic heterocycles. The number of ether oxygens (including phenoxy) is 1. The Kier molecular flexibility index (Phi) is 4.68. The maximum Gasteiger partial charge on any atom is 0.227 e. The van der Waals surface area contributed by atoms with Gasteiger partial charge in [0.05, 0.1) is 18.8 Å². The van der Waals surface area contributed by atoms with Crippen LogP contribution in [0.4, 0.5) is 0 Å². The molecule has 2 unspecified atom stereocenters. The second kappa shape index (κ2) is 5.59. The molecule has 7 heteroatoms. The summed E-state index contributed by atoms with van der Waals surface area (Å²) >= 11 is 0. The number of nitriles is 1. The minimum absolute atomic E-state index is 0.139. The number of hydrogen-bond acceptors (Lipinski definition) is 5. The Balaban J connectivity index is 2.43. The minimum atomic E-state index is -3.54. The van der Waals surface area contributed by atoms with Gasteiger partial charge in [-0.1, -0.05) is 0 Å². The molecule has 0 spiro atoms. The Hall–Kier alpha value is -0.680. The first-order valence-corrected chi connectivity index (χ1v) is 6.68. The molecule has 92 valence electrons. The van der Waals surface area contributed by atoms with Crippen LogP contribution in [0.1, 0.15) is 6.92 Å². The molecule has 1 saturated heterocycles. The quantitative estimate of drug-likeness (QED) is 0.699. The first-order valence-electron chi connectivity index (χ1n) is 5.14. The summed E-state index contributed by atoms with van der Waals surface area (Å²) in [4.78, 5) is 2.08. The lowest BCUT2D eigenvalue weighted by Crippen LogP contribution is -2.47. The molecule has 1 rings (SSSR count). The van der Waals surface area contributed by atoms with Crippen LogP contribution in [0.25, 0.3) is 0 Å². The molecule has 0 aromatic heterocycles. The molecule has 0 amide bonds. The average molecular weight is 247 g/mol. The van der Waals surface area contributed by atoms with Crippen LogP contribution in [0, 0.1) is 11.3 Å². The molecule has 1 aliphatic rings. The van der Waals surface area contributed by atoms with Gasteiger partial charge in [-0.3, -0.25) is 0 Å². The lowest BCUT2D eigenvalue weighted by molar-refractivity contribution is -0.0156. The number of nitrogens with zero attached hydrogens (tertiary/aromatic N) is 2. The van der Waals surface area contributed by atoms with Crippen molar-refractivity contribution in [3.63, 3.8) is 0 Å². The number of rotatable bonds is 4. The van der Waals surface area contributed by atoms with Crippen molar-refractivity contribution in [1.29, 1.82) is 5.26 Å². The van der Waals surface area contributed by atoms with Gasteiger partial charge < -0.3 is 9.64 Å². The topological polar surface area (TPSA) is 82.4 Å². The van der Waals surface area contributed by atoms with Crippen LogP contribution in [0.5, 0.6) is 0 Å². The summed E-state index contributed by atoms with van der Waals surface area (Å²) in [5.41, 5.74) is 0. The Bertz CT molecular complexity index is 363. The zero-order chi connectivity index (χ0) is 12.2. The van der Waals surface area contributed by atoms with E-state index < -0.39 is 15.3 Å². The van der Waals surface area contributed by atoms with E-state index in [1.165, 1.54) is 6.92 Å². The molecule has 1 fully saturated rings. The fraction of sp³-hybridized carbons (Fsp3) is 0.889. The highest BCUT2D eigenvalue weighted by molar-refractivity contribution is 7.90. The second-order valence-corrected chi connectivity index (χ2v) is 6.01. The third-order valence-corrected chi connectivity index (χ3v) is 4.11. The average Bonchev–Trinajstić information content (AvgIpc) is 2.25. The first-order chi connectivity index (χ1) is 7.45. The maximum absolute atomic E-state index is 11.5. The van der Waals surface area contributed by atoms with Crippen LogP contribution >= 0.6 is 0 Å². The van der Waals surface area contributed by atoms with Gasteiger partial charge in [-0.15, -0.1) is 0 Å². The van der Waals surface area contributed by atoms with Crippen molar-refractivity contribution in [2.75, 3.05) is 33.3 Å². The van der Waals surface area contributed by atoms with Crippen LogP contribution < -0.4 is 4.72 Å². The fourth-order valence-corrected chi connectivity index (χ4v) is 2.20. The van der Waals surface area contributed by atoms with E-state index in [1.807, 2.05) is 7.05 Å². The van der Waals surface area contributed by atoms with Crippen LogP contribution in [-0.2, 0) is 14.8 Å². The molecule has 0 aliphatic carbocycles. The Morgan fingerprint density at radius 2 is 2.38 bits per heavy atom. The van der Waals surface area contributed by atoms with E-state index in [0.29, 0.717) is 13.2 Å². The third kappa shape index (κ3) is 3.72. The summed E-state index contributed by atoms with van der Waals surface area (Å²) in [5.74, 6) is 0. The Labute approximate surface area is 96.2 Å². The molecule has 6 nitrogen and oxygen atoms in total. The van der Waals surface area contributed by atoms with Crippen molar-refractivity contribution >= 4 is 10.0 Å². The van der Waals surface area contributed by atoms with Crippen molar-refractivity contribution in [3.05, 3.63) is 0 Å². The van der Waals surface area contributed by atoms with E-state index in [1.54, 1.807) is 6.07 Å². The molecular formula is C9H17N3O3S. The standard InChI is InChI=1S/C9H17N3O3S/c1-8(5-10)16(13,14)11-6-9-7-12(2)3-4-15-9/h8-9,11H,3-4,6-7H2,1-2H3. The van der Waals surface area contributed by atoms with Gasteiger partial charge in [0, 0.05) is 19.6 Å². The van der Waals surface area contributed by atoms with Crippen LogP contribution in [0.15, 0.2) is 0 Å². The number of likely N-dealkylation sites (N-methyl/N-ethyl adjacent to an activating group) is 1. The zero-order valence-corrected chi connectivity index (χ0v) is 10.3. The van der Waals surface area contributed by atoms with E-state index in [4.69, 9.17) is 10.00 Å². The van der Waals surface area contributed by atoms with Gasteiger partial charge in [-0.2, -0.15) is 5.26 Å². The highest BCUT2D eigenvalue weighted by atomic mass is 32.2. The SMILES string of the molecule is CC(C#N)S(=O)(=O)NCC1CN(C)CCO1. The van der Waals surface area contributed by atoms with E-state index in [-0.39, 0.29) is 12.6 Å². The summed E-state index contributed by atoms with van der Waals surface area (Å²) in [7, 11) is -1.58. The van der Waals surface area contributed by atoms with Crippen molar-refractivity contribution in [2.24, 2.45) is 0 Å². The van der Waals surface area contributed by atoms with Gasteiger partial charge in [0.25, 0.3) is 0 Å². The van der Waals surface area contributed by atoms with Crippen LogP contribution in [0.2, 0.25) is 0 Å². The van der Waals surface area contributed by atoms with Gasteiger partial charge >= 0.3 is 0 Å². The number of sulfonamides is 1. The van der Waals surface area contributed by atoms with Crippen molar-refractivity contribution < 1.29 is 13.2 Å². The molecule has 16 heavy (non-hydrogen) atoms. The molecule has 1 heterocycles. The molecule has 0 bridgehead atoms. The largest absolute Gasteiger partial charge is 0.374 e. The summed E-state index contributed by atoms with van der Waals surface area (Å²) in [6.45, 7) is 3.74. The normalized spacial score (nSPS) is 24.9. The van der Waals surface area contributed by atoms with Gasteiger partial charge in [0.1, 0.15) is 0 Å². The van der Waals surface area contributed by atoms with Crippen molar-refractivity contribution in [2.45, 2.75) is 18.3 Å². The van der Waals surface area contributed by atoms with Crippen molar-refractivity contribution in [1.82, 2.24) is 9.62 Å². The predicted molar refractivity (Wildman–Crippen MR) is 59.2 cm³/mol.